The van der Waals surface area contributed by atoms with Crippen LogP contribution in [0, 0.1) is 0 Å². The molecule has 8 nitrogen and oxygen atoms in total. The molecule has 3 heterocycles. The molecule has 0 bridgehead atoms. The molecule has 0 radical (unpaired) electrons. The van der Waals surface area contributed by atoms with Crippen molar-refractivity contribution in [3.63, 3.8) is 0 Å². The Morgan fingerprint density at radius 1 is 1.18 bits per heavy atom. The van der Waals surface area contributed by atoms with E-state index < -0.39 is 5.60 Å². The normalized spacial score (nSPS) is 15.8. The molecule has 198 valence electrons. The lowest BCUT2D eigenvalue weighted by molar-refractivity contribution is 0.0114. The van der Waals surface area contributed by atoms with E-state index in [1.807, 2.05) is 80.4 Å². The van der Waals surface area contributed by atoms with Crippen molar-refractivity contribution in [2.75, 3.05) is 18.4 Å². The number of benzene rings is 2. The lowest BCUT2D eigenvalue weighted by Crippen LogP contribution is -2.49. The number of nitrogens with one attached hydrogen (secondary N) is 3. The smallest absolute Gasteiger partial charge is 0.410 e. The number of fused-ring (bicyclic) bond motifs is 1. The molecule has 1 aliphatic heterocycles. The van der Waals surface area contributed by atoms with Crippen molar-refractivity contribution in [1.82, 2.24) is 25.2 Å². The largest absolute Gasteiger partial charge is 0.444 e. The van der Waals surface area contributed by atoms with E-state index in [-0.39, 0.29) is 12.1 Å². The minimum absolute atomic E-state index is 0.0989. The van der Waals surface area contributed by atoms with E-state index >= 15 is 0 Å². The molecule has 1 aliphatic rings. The van der Waals surface area contributed by atoms with Crippen molar-refractivity contribution in [3.05, 3.63) is 71.5 Å². The number of piperidine rings is 1. The Labute approximate surface area is 227 Å². The second-order valence-corrected chi connectivity index (χ2v) is 11.0. The minimum Gasteiger partial charge on any atom is -0.444 e. The van der Waals surface area contributed by atoms with Crippen LogP contribution < -0.4 is 10.6 Å². The van der Waals surface area contributed by atoms with E-state index in [2.05, 4.69) is 20.6 Å². The monoisotopic (exact) mass is 532 g/mol. The predicted octanol–water partition coefficient (Wildman–Crippen LogP) is 6.51. The molecule has 1 amide bonds. The summed E-state index contributed by atoms with van der Waals surface area (Å²) in [5, 5.41) is 8.20. The number of aromatic amines is 1. The number of H-pyrrole nitrogens is 1. The summed E-state index contributed by atoms with van der Waals surface area (Å²) in [5.74, 6) is 0.450. The van der Waals surface area contributed by atoms with Crippen molar-refractivity contribution >= 4 is 40.2 Å². The first-order valence-electron chi connectivity index (χ1n) is 12.9. The Morgan fingerprint density at radius 3 is 2.71 bits per heavy atom. The van der Waals surface area contributed by atoms with Gasteiger partial charge in [0.15, 0.2) is 0 Å². The predicted molar refractivity (Wildman–Crippen MR) is 152 cm³/mol. The second kappa shape index (κ2) is 11.0. The quantitative estimate of drug-likeness (QED) is 0.262. The number of halogens is 1. The Bertz CT molecular complexity index is 1410. The van der Waals surface area contributed by atoms with E-state index in [1.54, 1.807) is 6.20 Å². The summed E-state index contributed by atoms with van der Waals surface area (Å²) in [6.45, 7) is 7.91. The zero-order chi connectivity index (χ0) is 26.7. The van der Waals surface area contributed by atoms with Gasteiger partial charge >= 0.3 is 6.09 Å². The number of hydrogen-bond acceptors (Lipinski definition) is 6. The van der Waals surface area contributed by atoms with E-state index in [1.165, 1.54) is 0 Å². The number of ether oxygens (including phenoxy) is 1. The fraction of sp³-hybridized carbons (Fsp3) is 0.345. The van der Waals surface area contributed by atoms with Crippen LogP contribution in [0.5, 0.6) is 0 Å². The fourth-order valence-electron chi connectivity index (χ4n) is 4.67. The summed E-state index contributed by atoms with van der Waals surface area (Å²) < 4.78 is 5.72. The molecule has 1 atom stereocenters. The lowest BCUT2D eigenvalue weighted by Gasteiger charge is -2.36. The Morgan fingerprint density at radius 2 is 1.97 bits per heavy atom. The highest BCUT2D eigenvalue weighted by molar-refractivity contribution is 6.33. The van der Waals surface area contributed by atoms with Crippen LogP contribution in [0.4, 0.5) is 16.4 Å². The van der Waals surface area contributed by atoms with Gasteiger partial charge in [0.25, 0.3) is 0 Å². The van der Waals surface area contributed by atoms with Crippen LogP contribution in [-0.2, 0) is 11.3 Å². The topological polar surface area (TPSA) is 95.2 Å². The summed E-state index contributed by atoms with van der Waals surface area (Å²) in [7, 11) is 0. The van der Waals surface area contributed by atoms with Crippen LogP contribution in [-0.4, -0.2) is 50.7 Å². The molecule has 1 fully saturated rings. The minimum atomic E-state index is -0.546. The van der Waals surface area contributed by atoms with Gasteiger partial charge in [-0.15, -0.1) is 0 Å². The first kappa shape index (κ1) is 26.0. The fourth-order valence-corrected chi connectivity index (χ4v) is 4.86. The van der Waals surface area contributed by atoms with E-state index in [0.29, 0.717) is 23.2 Å². The first-order chi connectivity index (χ1) is 18.3. The van der Waals surface area contributed by atoms with Crippen molar-refractivity contribution in [1.29, 1.82) is 0 Å². The third-order valence-corrected chi connectivity index (χ3v) is 6.77. The molecule has 4 aromatic rings. The number of aromatic nitrogens is 3. The van der Waals surface area contributed by atoms with Gasteiger partial charge in [-0.25, -0.2) is 14.8 Å². The van der Waals surface area contributed by atoms with Gasteiger partial charge in [0.2, 0.25) is 5.95 Å². The molecule has 9 heteroatoms. The van der Waals surface area contributed by atoms with Gasteiger partial charge in [-0.2, -0.15) is 0 Å². The third kappa shape index (κ3) is 6.09. The maximum Gasteiger partial charge on any atom is 0.410 e. The molecule has 2 aromatic heterocycles. The summed E-state index contributed by atoms with van der Waals surface area (Å²) in [4.78, 5) is 27.2. The van der Waals surface area contributed by atoms with Gasteiger partial charge in [-0.05, 0) is 63.9 Å². The Hall–Kier alpha value is -3.62. The molecular weight excluding hydrogens is 500 g/mol. The molecule has 0 saturated carbocycles. The zero-order valence-corrected chi connectivity index (χ0v) is 22.7. The number of rotatable bonds is 6. The third-order valence-electron chi connectivity index (χ3n) is 6.49. The number of anilines is 2. The van der Waals surface area contributed by atoms with Crippen LogP contribution in [0.3, 0.4) is 0 Å². The maximum absolute atomic E-state index is 13.0. The van der Waals surface area contributed by atoms with Crippen molar-refractivity contribution in [2.45, 2.75) is 51.8 Å². The average molecular weight is 533 g/mol. The summed E-state index contributed by atoms with van der Waals surface area (Å²) in [6, 6.07) is 16.1. The highest BCUT2D eigenvalue weighted by atomic mass is 35.5. The molecule has 5 rings (SSSR count). The van der Waals surface area contributed by atoms with E-state index in [9.17, 15) is 4.79 Å². The van der Waals surface area contributed by atoms with Crippen molar-refractivity contribution in [2.24, 2.45) is 0 Å². The summed E-state index contributed by atoms with van der Waals surface area (Å²) in [6.07, 6.45) is 5.23. The van der Waals surface area contributed by atoms with Crippen molar-refractivity contribution in [3.8, 4) is 11.3 Å². The van der Waals surface area contributed by atoms with Crippen LogP contribution in [0.15, 0.2) is 60.9 Å². The SMILES string of the molecule is CC(C)(C)OC(=O)N(Cc1ccc(Nc2ncc(Cl)c(-c3c[nH]c4ccccc34)n2)cc1)C1CCCNC1. The lowest BCUT2D eigenvalue weighted by atomic mass is 10.1. The van der Waals surface area contributed by atoms with E-state index in [4.69, 9.17) is 21.3 Å². The first-order valence-corrected chi connectivity index (χ1v) is 13.3. The standard InChI is InChI=1S/C29H33ClN6O2/c1-29(2,3)38-28(37)36(21-7-6-14-31-15-21)18-19-10-12-20(13-11-19)34-27-33-17-24(30)26(35-27)23-16-32-25-9-5-4-8-22(23)25/h4-5,8-13,16-17,21,31-32H,6-7,14-15,18H2,1-3H3,(H,33,34,35). The van der Waals surface area contributed by atoms with Gasteiger partial charge in [0, 0.05) is 47.5 Å². The molecule has 3 N–H and O–H groups in total. The molecule has 1 unspecified atom stereocenters. The van der Waals surface area contributed by atoms with Crippen LogP contribution in [0.25, 0.3) is 22.2 Å². The summed E-state index contributed by atoms with van der Waals surface area (Å²) in [5.41, 5.74) is 3.91. The number of carbonyl (C=O) groups is 1. The zero-order valence-electron chi connectivity index (χ0n) is 21.9. The van der Waals surface area contributed by atoms with Crippen LogP contribution >= 0.6 is 11.6 Å². The molecule has 0 spiro atoms. The van der Waals surface area contributed by atoms with Gasteiger partial charge < -0.3 is 20.4 Å². The number of amides is 1. The van der Waals surface area contributed by atoms with E-state index in [0.717, 1.165) is 53.6 Å². The molecular formula is C29H33ClN6O2. The second-order valence-electron chi connectivity index (χ2n) is 10.6. The number of hydrogen-bond donors (Lipinski definition) is 3. The van der Waals surface area contributed by atoms with Gasteiger partial charge in [-0.3, -0.25) is 4.90 Å². The average Bonchev–Trinajstić information content (AvgIpc) is 3.33. The van der Waals surface area contributed by atoms with Crippen LogP contribution in [0.1, 0.15) is 39.2 Å². The number of carbonyl (C=O) groups excluding carboxylic acids is 1. The maximum atomic E-state index is 13.0. The molecule has 1 saturated heterocycles. The Balaban J connectivity index is 1.32. The molecule has 2 aromatic carbocycles. The van der Waals surface area contributed by atoms with Crippen molar-refractivity contribution < 1.29 is 9.53 Å². The van der Waals surface area contributed by atoms with Gasteiger partial charge in [0.1, 0.15) is 5.60 Å². The number of para-hydroxylation sites is 1. The highest BCUT2D eigenvalue weighted by Gasteiger charge is 2.29. The molecule has 38 heavy (non-hydrogen) atoms. The van der Waals surface area contributed by atoms with Gasteiger partial charge in [-0.1, -0.05) is 41.9 Å². The molecule has 0 aliphatic carbocycles. The highest BCUT2D eigenvalue weighted by Crippen LogP contribution is 2.32. The Kier molecular flexibility index (Phi) is 7.53. The van der Waals surface area contributed by atoms with Crippen LogP contribution in [0.2, 0.25) is 5.02 Å². The summed E-state index contributed by atoms with van der Waals surface area (Å²) >= 11 is 6.48. The van der Waals surface area contributed by atoms with Gasteiger partial charge in [0.05, 0.1) is 16.9 Å². The number of nitrogens with zero attached hydrogens (tertiary/aromatic N) is 3.